The summed E-state index contributed by atoms with van der Waals surface area (Å²) in [6, 6.07) is 0. The van der Waals surface area contributed by atoms with Gasteiger partial charge in [0.2, 0.25) is 0 Å². The predicted molar refractivity (Wildman–Crippen MR) is 24.3 cm³/mol. The molecule has 3 nitrogen and oxygen atoms in total. The predicted octanol–water partition coefficient (Wildman–Crippen LogP) is 0.0704. The fourth-order valence-electron chi connectivity index (χ4n) is 0.133. The van der Waals surface area contributed by atoms with Crippen LogP contribution < -0.4 is 0 Å². The molecule has 0 spiro atoms. The summed E-state index contributed by atoms with van der Waals surface area (Å²) in [5.74, 6) is 0. The number of hydrogen-bond donors (Lipinski definition) is 1. The lowest BCUT2D eigenvalue weighted by Crippen LogP contribution is -1.93. The molecule has 0 aromatic rings. The second-order valence-corrected chi connectivity index (χ2v) is 0.820. The van der Waals surface area contributed by atoms with E-state index in [-0.39, 0.29) is 0 Å². The summed E-state index contributed by atoms with van der Waals surface area (Å²) in [7, 11) is 0. The lowest BCUT2D eigenvalue weighted by molar-refractivity contribution is -0.321. The topological polar surface area (TPSA) is 38.7 Å². The van der Waals surface area contributed by atoms with Crippen molar-refractivity contribution >= 4 is 0 Å². The van der Waals surface area contributed by atoms with Gasteiger partial charge in [0, 0.05) is 0 Å². The molecular weight excluding hydrogens is 96.0 g/mol. The van der Waals surface area contributed by atoms with Gasteiger partial charge in [0.1, 0.15) is 6.61 Å². The van der Waals surface area contributed by atoms with Crippen LogP contribution in [0.1, 0.15) is 0 Å². The van der Waals surface area contributed by atoms with Crippen molar-refractivity contribution in [2.75, 3.05) is 13.4 Å². The van der Waals surface area contributed by atoms with Crippen molar-refractivity contribution in [1.29, 1.82) is 0 Å². The Kier molecular flexibility index (Phi) is 5.31. The molecule has 0 unspecified atom stereocenters. The Morgan fingerprint density at radius 2 is 2.29 bits per heavy atom. The maximum absolute atomic E-state index is 7.91. The molecule has 0 atom stereocenters. The van der Waals surface area contributed by atoms with Gasteiger partial charge in [-0.15, -0.1) is 6.58 Å². The summed E-state index contributed by atoms with van der Waals surface area (Å²) >= 11 is 0. The van der Waals surface area contributed by atoms with Crippen molar-refractivity contribution in [3.8, 4) is 0 Å². The molecule has 0 aliphatic heterocycles. The summed E-state index contributed by atoms with van der Waals surface area (Å²) in [5, 5.41) is 7.91. The van der Waals surface area contributed by atoms with Crippen molar-refractivity contribution in [3.05, 3.63) is 12.7 Å². The van der Waals surface area contributed by atoms with E-state index in [9.17, 15) is 0 Å². The highest BCUT2D eigenvalue weighted by atomic mass is 17.2. The summed E-state index contributed by atoms with van der Waals surface area (Å²) in [4.78, 5) is 8.32. The van der Waals surface area contributed by atoms with Crippen molar-refractivity contribution in [3.63, 3.8) is 0 Å². The van der Waals surface area contributed by atoms with Crippen LogP contribution in [0.5, 0.6) is 0 Å². The maximum Gasteiger partial charge on any atom is 0.178 e. The highest BCUT2D eigenvalue weighted by Crippen LogP contribution is 1.73. The third kappa shape index (κ3) is 5.62. The summed E-state index contributed by atoms with van der Waals surface area (Å²) in [6.07, 6.45) is 1.52. The average molecular weight is 104 g/mol. The van der Waals surface area contributed by atoms with Crippen LogP contribution in [0.25, 0.3) is 0 Å². The van der Waals surface area contributed by atoms with Gasteiger partial charge in [-0.2, -0.15) is 0 Å². The first-order valence-electron chi connectivity index (χ1n) is 1.88. The highest BCUT2D eigenvalue weighted by molar-refractivity contribution is 4.61. The highest BCUT2D eigenvalue weighted by Gasteiger charge is 1.75. The molecule has 0 fully saturated rings. The Hall–Kier alpha value is -0.380. The number of rotatable bonds is 4. The molecule has 0 saturated carbocycles. The van der Waals surface area contributed by atoms with Crippen molar-refractivity contribution in [1.82, 2.24) is 0 Å². The molecule has 1 N–H and O–H groups in total. The van der Waals surface area contributed by atoms with Crippen LogP contribution >= 0.6 is 0 Å². The molecule has 42 valence electrons. The molecule has 0 saturated heterocycles. The largest absolute Gasteiger partial charge is 0.368 e. The molecule has 0 amide bonds. The Morgan fingerprint density at radius 1 is 1.57 bits per heavy atom. The van der Waals surface area contributed by atoms with E-state index in [2.05, 4.69) is 16.4 Å². The number of aliphatic hydroxyl groups is 1. The monoisotopic (exact) mass is 104 g/mol. The third-order valence-electron chi connectivity index (χ3n) is 0.322. The van der Waals surface area contributed by atoms with Crippen molar-refractivity contribution in [2.45, 2.75) is 0 Å². The second-order valence-electron chi connectivity index (χ2n) is 0.820. The Balaban J connectivity index is 2.56. The number of aliphatic hydroxyl groups excluding tert-OH is 1. The lowest BCUT2D eigenvalue weighted by atomic mass is 10.7. The van der Waals surface area contributed by atoms with Gasteiger partial charge in [-0.25, -0.2) is 9.78 Å². The normalized spacial score (nSPS) is 8.71. The minimum atomic E-state index is -0.409. The lowest BCUT2D eigenvalue weighted by Gasteiger charge is -1.92. The molecule has 0 rings (SSSR count). The van der Waals surface area contributed by atoms with E-state index in [1.807, 2.05) is 0 Å². The zero-order valence-electron chi connectivity index (χ0n) is 3.96. The quantitative estimate of drug-likeness (QED) is 0.180. The molecule has 0 bridgehead atoms. The van der Waals surface area contributed by atoms with Crippen molar-refractivity contribution in [2.24, 2.45) is 0 Å². The van der Waals surface area contributed by atoms with Crippen LogP contribution in [0, 0.1) is 0 Å². The van der Waals surface area contributed by atoms with Gasteiger partial charge in [0.15, 0.2) is 6.79 Å². The molecular formula is C4H8O3. The molecule has 0 aromatic carbocycles. The van der Waals surface area contributed by atoms with Gasteiger partial charge in [-0.3, -0.25) is 0 Å². The standard InChI is InChI=1S/C4H8O3/c1-2-3-6-7-4-5/h2,5H,1,3-4H2. The smallest absolute Gasteiger partial charge is 0.178 e. The minimum absolute atomic E-state index is 0.306. The van der Waals surface area contributed by atoms with Crippen LogP contribution in [0.2, 0.25) is 0 Å². The van der Waals surface area contributed by atoms with E-state index in [1.54, 1.807) is 0 Å². The Labute approximate surface area is 42.1 Å². The van der Waals surface area contributed by atoms with Gasteiger partial charge in [-0.1, -0.05) is 6.08 Å². The van der Waals surface area contributed by atoms with Crippen LogP contribution in [0.4, 0.5) is 0 Å². The molecule has 0 heterocycles. The zero-order chi connectivity index (χ0) is 5.54. The van der Waals surface area contributed by atoms with Gasteiger partial charge in [0.05, 0.1) is 0 Å². The first-order valence-corrected chi connectivity index (χ1v) is 1.88. The van der Waals surface area contributed by atoms with Crippen LogP contribution in [0.3, 0.4) is 0 Å². The molecule has 3 heteroatoms. The third-order valence-corrected chi connectivity index (χ3v) is 0.322. The van der Waals surface area contributed by atoms with E-state index >= 15 is 0 Å². The van der Waals surface area contributed by atoms with E-state index in [1.165, 1.54) is 6.08 Å². The first-order chi connectivity index (χ1) is 3.41. The second kappa shape index (κ2) is 5.62. The van der Waals surface area contributed by atoms with Gasteiger partial charge >= 0.3 is 0 Å². The van der Waals surface area contributed by atoms with Crippen LogP contribution in [0.15, 0.2) is 12.7 Å². The van der Waals surface area contributed by atoms with E-state index in [4.69, 9.17) is 5.11 Å². The fraction of sp³-hybridized carbons (Fsp3) is 0.500. The molecule has 7 heavy (non-hydrogen) atoms. The molecule has 0 aromatic heterocycles. The van der Waals surface area contributed by atoms with Crippen LogP contribution in [-0.2, 0) is 9.78 Å². The minimum Gasteiger partial charge on any atom is -0.368 e. The fourth-order valence-corrected chi connectivity index (χ4v) is 0.133. The first kappa shape index (κ1) is 6.62. The SMILES string of the molecule is C=CCOOCO. The van der Waals surface area contributed by atoms with E-state index in [0.717, 1.165) is 0 Å². The van der Waals surface area contributed by atoms with Gasteiger partial charge in [-0.05, 0) is 0 Å². The maximum atomic E-state index is 7.91. The summed E-state index contributed by atoms with van der Waals surface area (Å²) in [5.41, 5.74) is 0. The van der Waals surface area contributed by atoms with Crippen LogP contribution in [-0.4, -0.2) is 18.5 Å². The Bertz CT molecular complexity index is 44.2. The van der Waals surface area contributed by atoms with E-state index in [0.29, 0.717) is 6.61 Å². The Morgan fingerprint density at radius 3 is 2.71 bits per heavy atom. The zero-order valence-corrected chi connectivity index (χ0v) is 3.96. The molecule has 0 radical (unpaired) electrons. The van der Waals surface area contributed by atoms with Crippen molar-refractivity contribution < 1.29 is 14.9 Å². The molecule has 0 aliphatic carbocycles. The van der Waals surface area contributed by atoms with E-state index < -0.39 is 6.79 Å². The average Bonchev–Trinajstić information content (AvgIpc) is 1.69. The van der Waals surface area contributed by atoms with Gasteiger partial charge < -0.3 is 5.11 Å². The number of hydrogen-bond acceptors (Lipinski definition) is 3. The van der Waals surface area contributed by atoms with Gasteiger partial charge in [0.25, 0.3) is 0 Å². The summed E-state index contributed by atoms with van der Waals surface area (Å²) in [6.45, 7) is 3.24. The molecule has 0 aliphatic rings. The summed E-state index contributed by atoms with van der Waals surface area (Å²) < 4.78 is 0.